The molecular weight excluding hydrogens is 448 g/mol. The molecule has 0 aromatic heterocycles. The summed E-state index contributed by atoms with van der Waals surface area (Å²) >= 11 is 0. The van der Waals surface area contributed by atoms with Crippen LogP contribution >= 0.6 is 0 Å². The molecule has 1 heteroatoms. The fourth-order valence-electron chi connectivity index (χ4n) is 6.64. The van der Waals surface area contributed by atoms with Gasteiger partial charge in [-0.1, -0.05) is 154 Å². The highest BCUT2D eigenvalue weighted by molar-refractivity contribution is 7.13. The van der Waals surface area contributed by atoms with Gasteiger partial charge in [-0.05, 0) is 48.4 Å². The zero-order valence-corrected chi connectivity index (χ0v) is 22.3. The van der Waals surface area contributed by atoms with Gasteiger partial charge in [0.1, 0.15) is 0 Å². The molecule has 0 unspecified atom stereocenters. The minimum absolute atomic E-state index is 0.0693. The predicted octanol–water partition coefficient (Wildman–Crippen LogP) is 7.12. The summed E-state index contributed by atoms with van der Waals surface area (Å²) in [4.78, 5) is 0. The van der Waals surface area contributed by atoms with E-state index >= 15 is 0 Å². The van der Waals surface area contributed by atoms with E-state index in [9.17, 15) is 0 Å². The van der Waals surface area contributed by atoms with Crippen LogP contribution in [0.4, 0.5) is 0 Å². The highest BCUT2D eigenvalue weighted by Crippen LogP contribution is 2.47. The summed E-state index contributed by atoms with van der Waals surface area (Å²) < 4.78 is 0. The van der Waals surface area contributed by atoms with Crippen LogP contribution in [0.1, 0.15) is 43.4 Å². The summed E-state index contributed by atoms with van der Waals surface area (Å²) in [6.45, 7) is 7.31. The summed E-state index contributed by atoms with van der Waals surface area (Å²) in [6.07, 6.45) is 0. The Morgan fingerprint density at radius 1 is 0.472 bits per heavy atom. The third-order valence-electron chi connectivity index (χ3n) is 8.03. The first-order chi connectivity index (χ1) is 17.5. The lowest BCUT2D eigenvalue weighted by molar-refractivity contribution is 0.739. The average Bonchev–Trinajstić information content (AvgIpc) is 3.24. The largest absolute Gasteiger partial charge is 0.153 e. The molecule has 0 atom stereocenters. The van der Waals surface area contributed by atoms with E-state index in [1.807, 2.05) is 0 Å². The maximum Gasteiger partial charge on any atom is 0.153 e. The van der Waals surface area contributed by atoms with Crippen molar-refractivity contribution in [3.05, 3.63) is 150 Å². The second kappa shape index (κ2) is 8.76. The normalized spacial score (nSPS) is 13.3. The molecule has 5 aromatic rings. The van der Waals surface area contributed by atoms with E-state index in [1.165, 1.54) is 43.4 Å². The molecule has 36 heavy (non-hydrogen) atoms. The van der Waals surface area contributed by atoms with Crippen LogP contribution in [-0.2, 0) is 0 Å². The standard InChI is InChI=1S/C35H32Si/c1-35(2,3)36(27-16-6-4-7-17-27,28-18-8-5-9-19-28)29-20-14-15-26(25-29)34-32-23-12-10-21-30(32)31-22-11-13-24-33(31)34/h4-25,34H,1-3H3. The second-order valence-electron chi connectivity index (χ2n) is 11.0. The van der Waals surface area contributed by atoms with Gasteiger partial charge < -0.3 is 0 Å². The Kier molecular flexibility index (Phi) is 5.54. The minimum Gasteiger partial charge on any atom is -0.0624 e. The van der Waals surface area contributed by atoms with E-state index in [0.29, 0.717) is 0 Å². The Bertz CT molecular complexity index is 1420. The molecule has 6 rings (SSSR count). The molecule has 0 radical (unpaired) electrons. The number of fused-ring (bicyclic) bond motifs is 3. The third-order valence-corrected chi connectivity index (χ3v) is 13.9. The molecule has 0 saturated heterocycles. The molecule has 176 valence electrons. The lowest BCUT2D eigenvalue weighted by atomic mass is 9.89. The summed E-state index contributed by atoms with van der Waals surface area (Å²) in [5.41, 5.74) is 6.96. The smallest absolute Gasteiger partial charge is 0.0624 e. The maximum atomic E-state index is 2.54. The summed E-state index contributed by atoms with van der Waals surface area (Å²) in [5.74, 6) is 0.260. The average molecular weight is 481 g/mol. The van der Waals surface area contributed by atoms with Crippen molar-refractivity contribution in [1.82, 2.24) is 0 Å². The summed E-state index contributed by atoms with van der Waals surface area (Å²) in [6, 6.07) is 50.0. The highest BCUT2D eigenvalue weighted by Gasteiger charge is 2.49. The lowest BCUT2D eigenvalue weighted by Crippen LogP contribution is -2.72. The SMILES string of the molecule is CC(C)(C)[Si](c1ccccc1)(c1ccccc1)c1cccc(C2c3ccccc3-c3ccccc32)c1. The zero-order chi connectivity index (χ0) is 24.8. The third kappa shape index (κ3) is 3.42. The van der Waals surface area contributed by atoms with Gasteiger partial charge in [-0.25, -0.2) is 0 Å². The van der Waals surface area contributed by atoms with E-state index in [-0.39, 0.29) is 11.0 Å². The fraction of sp³-hybridized carbons (Fsp3) is 0.143. The molecule has 0 fully saturated rings. The molecule has 0 saturated carbocycles. The molecular formula is C35H32Si. The first kappa shape index (κ1) is 22.8. The van der Waals surface area contributed by atoms with Gasteiger partial charge in [-0.2, -0.15) is 0 Å². The number of hydrogen-bond acceptors (Lipinski definition) is 0. The van der Waals surface area contributed by atoms with Gasteiger partial charge in [0.25, 0.3) is 0 Å². The maximum absolute atomic E-state index is 2.54. The van der Waals surface area contributed by atoms with Crippen molar-refractivity contribution in [1.29, 1.82) is 0 Å². The first-order valence-corrected chi connectivity index (χ1v) is 14.9. The van der Waals surface area contributed by atoms with Crippen LogP contribution in [0, 0.1) is 0 Å². The molecule has 0 N–H and O–H groups in total. The Balaban J connectivity index is 1.62. The first-order valence-electron chi connectivity index (χ1n) is 12.9. The zero-order valence-electron chi connectivity index (χ0n) is 21.3. The topological polar surface area (TPSA) is 0 Å². The summed E-state index contributed by atoms with van der Waals surface area (Å²) in [5, 5.41) is 4.48. The number of hydrogen-bond donors (Lipinski definition) is 0. The predicted molar refractivity (Wildman–Crippen MR) is 157 cm³/mol. The molecule has 0 spiro atoms. The van der Waals surface area contributed by atoms with Gasteiger partial charge in [0.05, 0.1) is 0 Å². The van der Waals surface area contributed by atoms with E-state index in [4.69, 9.17) is 0 Å². The Morgan fingerprint density at radius 3 is 1.42 bits per heavy atom. The highest BCUT2D eigenvalue weighted by atomic mass is 28.3. The van der Waals surface area contributed by atoms with Gasteiger partial charge >= 0.3 is 0 Å². The molecule has 0 nitrogen and oxygen atoms in total. The van der Waals surface area contributed by atoms with E-state index < -0.39 is 8.07 Å². The van der Waals surface area contributed by atoms with Crippen molar-refractivity contribution >= 4 is 23.6 Å². The number of rotatable bonds is 4. The van der Waals surface area contributed by atoms with Crippen LogP contribution in [0.2, 0.25) is 5.04 Å². The molecule has 0 bridgehead atoms. The Labute approximate surface area is 216 Å². The van der Waals surface area contributed by atoms with Crippen LogP contribution in [0.3, 0.4) is 0 Å². The van der Waals surface area contributed by atoms with Crippen molar-refractivity contribution in [2.45, 2.75) is 31.7 Å². The van der Waals surface area contributed by atoms with E-state index in [2.05, 4.69) is 154 Å². The van der Waals surface area contributed by atoms with Crippen LogP contribution in [0.5, 0.6) is 0 Å². The van der Waals surface area contributed by atoms with E-state index in [1.54, 1.807) is 0 Å². The minimum atomic E-state index is -2.39. The van der Waals surface area contributed by atoms with Crippen LogP contribution in [-0.4, -0.2) is 8.07 Å². The van der Waals surface area contributed by atoms with Crippen molar-refractivity contribution in [3.63, 3.8) is 0 Å². The molecule has 5 aromatic carbocycles. The fourth-order valence-corrected chi connectivity index (χ4v) is 12.4. The van der Waals surface area contributed by atoms with Gasteiger partial charge in [0, 0.05) is 5.92 Å². The van der Waals surface area contributed by atoms with Crippen LogP contribution in [0.15, 0.2) is 133 Å². The van der Waals surface area contributed by atoms with Crippen LogP contribution < -0.4 is 15.6 Å². The Morgan fingerprint density at radius 2 is 0.917 bits per heavy atom. The van der Waals surface area contributed by atoms with Crippen molar-refractivity contribution in [2.24, 2.45) is 0 Å². The monoisotopic (exact) mass is 480 g/mol. The van der Waals surface area contributed by atoms with Crippen molar-refractivity contribution in [3.8, 4) is 11.1 Å². The molecule has 0 heterocycles. The Hall–Kier alpha value is -3.68. The molecule has 1 aliphatic rings. The number of benzene rings is 5. The van der Waals surface area contributed by atoms with E-state index in [0.717, 1.165) is 0 Å². The molecule has 0 aliphatic heterocycles. The van der Waals surface area contributed by atoms with Crippen LogP contribution in [0.25, 0.3) is 11.1 Å². The quantitative estimate of drug-likeness (QED) is 0.186. The van der Waals surface area contributed by atoms with Gasteiger partial charge in [-0.15, -0.1) is 0 Å². The van der Waals surface area contributed by atoms with Gasteiger partial charge in [-0.3, -0.25) is 0 Å². The van der Waals surface area contributed by atoms with Gasteiger partial charge in [0.15, 0.2) is 8.07 Å². The molecule has 1 aliphatic carbocycles. The van der Waals surface area contributed by atoms with Crippen molar-refractivity contribution < 1.29 is 0 Å². The van der Waals surface area contributed by atoms with Gasteiger partial charge in [0.2, 0.25) is 0 Å². The van der Waals surface area contributed by atoms with Crippen molar-refractivity contribution in [2.75, 3.05) is 0 Å². The summed E-state index contributed by atoms with van der Waals surface area (Å²) in [7, 11) is -2.39. The molecule has 0 amide bonds. The lowest BCUT2D eigenvalue weighted by Gasteiger charge is -2.45. The second-order valence-corrected chi connectivity index (χ2v) is 15.7.